The Morgan fingerprint density at radius 2 is 1.69 bits per heavy atom. The van der Waals surface area contributed by atoms with Gasteiger partial charge < -0.3 is 49.3 Å². The predicted octanol–water partition coefficient (Wildman–Crippen LogP) is 6.91. The monoisotopic (exact) mass is 846 g/mol. The molecule has 6 heterocycles. The van der Waals surface area contributed by atoms with Crippen molar-refractivity contribution >= 4 is 45.8 Å². The van der Waals surface area contributed by atoms with E-state index in [9.17, 15) is 19.2 Å². The molecule has 0 bridgehead atoms. The van der Waals surface area contributed by atoms with Gasteiger partial charge in [0.05, 0.1) is 55.8 Å². The zero-order valence-electron chi connectivity index (χ0n) is 35.8. The van der Waals surface area contributed by atoms with Crippen LogP contribution in [0.3, 0.4) is 0 Å². The van der Waals surface area contributed by atoms with Crippen LogP contribution in [0.4, 0.5) is 9.59 Å². The van der Waals surface area contributed by atoms with Gasteiger partial charge in [-0.3, -0.25) is 9.59 Å². The molecular formula is C46H54N8O8. The van der Waals surface area contributed by atoms with Gasteiger partial charge in [-0.15, -0.1) is 0 Å². The van der Waals surface area contributed by atoms with E-state index in [1.54, 1.807) is 0 Å². The molecule has 16 nitrogen and oxygen atoms in total. The Morgan fingerprint density at radius 1 is 0.871 bits per heavy atom. The number of nitrogens with zero attached hydrogens (tertiary/aromatic N) is 4. The molecule has 62 heavy (non-hydrogen) atoms. The van der Waals surface area contributed by atoms with Crippen LogP contribution in [0.15, 0.2) is 48.7 Å². The van der Waals surface area contributed by atoms with Crippen LogP contribution in [0.5, 0.6) is 5.75 Å². The number of imidazole rings is 2. The van der Waals surface area contributed by atoms with Gasteiger partial charge in [-0.25, -0.2) is 19.6 Å². The van der Waals surface area contributed by atoms with Gasteiger partial charge in [-0.1, -0.05) is 32.0 Å². The number of fused-ring (bicyclic) bond motifs is 6. The number of rotatable bonds is 9. The number of likely N-dealkylation sites (tertiary alicyclic amines) is 2. The molecule has 16 heteroatoms. The summed E-state index contributed by atoms with van der Waals surface area (Å²) in [6.07, 6.45) is 5.30. The van der Waals surface area contributed by atoms with Crippen LogP contribution < -0.4 is 15.4 Å². The van der Waals surface area contributed by atoms with Gasteiger partial charge in [0.1, 0.15) is 36.1 Å². The van der Waals surface area contributed by atoms with Crippen LogP contribution in [-0.2, 0) is 30.4 Å². The number of hydrogen-bond acceptors (Lipinski definition) is 10. The Kier molecular flexibility index (Phi) is 11.3. The number of aromatic nitrogens is 4. The molecule has 0 unspecified atom stereocenters. The average Bonchev–Trinajstić information content (AvgIpc) is 4.12. The zero-order chi connectivity index (χ0) is 43.2. The molecule has 0 aliphatic carbocycles. The first-order chi connectivity index (χ1) is 30.0. The summed E-state index contributed by atoms with van der Waals surface area (Å²) in [4.78, 5) is 73.1. The van der Waals surface area contributed by atoms with Crippen molar-refractivity contribution in [3.05, 3.63) is 65.9 Å². The number of benzene rings is 3. The van der Waals surface area contributed by atoms with Gasteiger partial charge >= 0.3 is 12.2 Å². The summed E-state index contributed by atoms with van der Waals surface area (Å²) >= 11 is 0. The average molecular weight is 847 g/mol. The van der Waals surface area contributed by atoms with Crippen LogP contribution in [-0.4, -0.2) is 106 Å². The minimum absolute atomic E-state index is 0.0171. The number of methoxy groups -OCH3 is 2. The van der Waals surface area contributed by atoms with Crippen LogP contribution in [0, 0.1) is 11.8 Å². The van der Waals surface area contributed by atoms with Crippen LogP contribution in [0.1, 0.15) is 88.6 Å². The molecule has 3 saturated heterocycles. The summed E-state index contributed by atoms with van der Waals surface area (Å²) in [5, 5.41) is 7.49. The molecule has 0 radical (unpaired) electrons. The van der Waals surface area contributed by atoms with Crippen molar-refractivity contribution in [1.82, 2.24) is 40.4 Å². The smallest absolute Gasteiger partial charge is 0.407 e. The third kappa shape index (κ3) is 7.58. The highest BCUT2D eigenvalue weighted by atomic mass is 16.5. The summed E-state index contributed by atoms with van der Waals surface area (Å²) < 4.78 is 21.8. The molecule has 5 aromatic rings. The lowest BCUT2D eigenvalue weighted by Crippen LogP contribution is -2.53. The second kappa shape index (κ2) is 17.0. The number of carbonyl (C=O) groups is 4. The molecule has 0 spiro atoms. The number of nitrogens with one attached hydrogen (secondary N) is 4. The summed E-state index contributed by atoms with van der Waals surface area (Å²) in [5.41, 5.74) is 6.58. The van der Waals surface area contributed by atoms with Crippen molar-refractivity contribution in [1.29, 1.82) is 0 Å². The molecule has 9 rings (SSSR count). The Bertz CT molecular complexity index is 2530. The summed E-state index contributed by atoms with van der Waals surface area (Å²) in [6, 6.07) is 12.6. The highest BCUT2D eigenvalue weighted by molar-refractivity contribution is 6.07. The normalized spacial score (nSPS) is 21.9. The standard InChI is InChI=1S/C46H54N8O8/c1-24(2)38(51-45(57)59-4)44(56)54-25(3)10-15-36(54)41-47-21-34(49-41)27-11-13-30-29(18-27)23-62-37-20-31-26(19-32(30)37)12-14-33-40(31)50-42(48-33)35-9-6-16-53(35)43(55)39(52-46(58)60-5)28-8-7-17-61-22-28/h11-14,18-21,24-25,28,35-36,38-39H,6-10,15-17,22-23H2,1-5H3,(H,47,49)(H,48,50)(H,51,57)(H,52,58)/t25-,28+,35-,36-,38-,39-/m0/s1. The third-order valence-corrected chi connectivity index (χ3v) is 13.1. The first-order valence-corrected chi connectivity index (χ1v) is 21.7. The summed E-state index contributed by atoms with van der Waals surface area (Å²) in [6.45, 7) is 7.84. The molecule has 6 atom stereocenters. The highest BCUT2D eigenvalue weighted by Crippen LogP contribution is 2.44. The Hall–Kier alpha value is -6.16. The number of amides is 4. The fourth-order valence-electron chi connectivity index (χ4n) is 9.86. The maximum Gasteiger partial charge on any atom is 0.407 e. The number of H-pyrrole nitrogens is 2. The SMILES string of the molecule is COC(=O)N[C@H](C(=O)N1[C@@H](C)CC[C@H]1c1ncc(-c2ccc3c(c2)COc2cc4c(ccc5[nH]c([C@@H]6CCCN6C(=O)[C@@H](NC(=O)OC)[C@@H]6CCCOC6)nc54)cc2-3)[nH]1)C(C)C. The summed E-state index contributed by atoms with van der Waals surface area (Å²) in [5.74, 6) is 1.62. The topological polar surface area (TPSA) is 193 Å². The quantitative estimate of drug-likeness (QED) is 0.121. The first-order valence-electron chi connectivity index (χ1n) is 21.7. The molecule has 4 N–H and O–H groups in total. The van der Waals surface area contributed by atoms with Crippen molar-refractivity contribution in [2.75, 3.05) is 34.0 Å². The second-order valence-electron chi connectivity index (χ2n) is 17.3. The minimum atomic E-state index is -0.751. The fraction of sp³-hybridized carbons (Fsp3) is 0.478. The van der Waals surface area contributed by atoms with E-state index in [4.69, 9.17) is 28.9 Å². The van der Waals surface area contributed by atoms with Gasteiger partial charge in [0.25, 0.3) is 0 Å². The van der Waals surface area contributed by atoms with E-state index in [0.717, 1.165) is 94.0 Å². The second-order valence-corrected chi connectivity index (χ2v) is 17.3. The lowest BCUT2D eigenvalue weighted by Gasteiger charge is -2.34. The molecule has 0 saturated carbocycles. The Balaban J connectivity index is 0.956. The molecule has 2 aromatic heterocycles. The molecular weight excluding hydrogens is 793 g/mol. The third-order valence-electron chi connectivity index (χ3n) is 13.1. The van der Waals surface area contributed by atoms with E-state index in [0.29, 0.717) is 38.0 Å². The predicted molar refractivity (Wildman–Crippen MR) is 230 cm³/mol. The number of ether oxygens (including phenoxy) is 4. The number of aromatic amines is 2. The van der Waals surface area contributed by atoms with Crippen molar-refractivity contribution in [3.63, 3.8) is 0 Å². The van der Waals surface area contributed by atoms with Crippen molar-refractivity contribution in [2.45, 2.75) is 96.1 Å². The van der Waals surface area contributed by atoms with E-state index in [-0.39, 0.29) is 41.8 Å². The molecule has 3 fully saturated rings. The van der Waals surface area contributed by atoms with E-state index < -0.39 is 24.3 Å². The van der Waals surface area contributed by atoms with Crippen molar-refractivity contribution in [3.8, 4) is 28.1 Å². The van der Waals surface area contributed by atoms with E-state index >= 15 is 0 Å². The van der Waals surface area contributed by atoms with Crippen molar-refractivity contribution in [2.24, 2.45) is 11.8 Å². The zero-order valence-corrected chi connectivity index (χ0v) is 35.8. The molecule has 4 aliphatic rings. The van der Waals surface area contributed by atoms with E-state index in [1.165, 1.54) is 14.2 Å². The first kappa shape index (κ1) is 41.2. The molecule has 4 amide bonds. The maximum absolute atomic E-state index is 14.2. The number of alkyl carbamates (subject to hydrolysis) is 2. The van der Waals surface area contributed by atoms with Gasteiger partial charge in [0.2, 0.25) is 11.8 Å². The van der Waals surface area contributed by atoms with Gasteiger partial charge in [0, 0.05) is 36.1 Å². The lowest BCUT2D eigenvalue weighted by molar-refractivity contribution is -0.138. The van der Waals surface area contributed by atoms with Gasteiger partial charge in [-0.05, 0) is 97.7 Å². The Labute approximate surface area is 359 Å². The van der Waals surface area contributed by atoms with Crippen LogP contribution in [0.25, 0.3) is 44.2 Å². The van der Waals surface area contributed by atoms with E-state index in [1.807, 2.05) is 42.8 Å². The van der Waals surface area contributed by atoms with Crippen LogP contribution >= 0.6 is 0 Å². The molecule has 326 valence electrons. The fourth-order valence-corrected chi connectivity index (χ4v) is 9.86. The maximum atomic E-state index is 14.2. The minimum Gasteiger partial charge on any atom is -0.488 e. The number of hydrogen-bond donors (Lipinski definition) is 4. The summed E-state index contributed by atoms with van der Waals surface area (Å²) in [7, 11) is 2.59. The van der Waals surface area contributed by atoms with Gasteiger partial charge in [-0.2, -0.15) is 0 Å². The molecule has 4 aliphatic heterocycles. The van der Waals surface area contributed by atoms with Gasteiger partial charge in [0.15, 0.2) is 0 Å². The lowest BCUT2D eigenvalue weighted by atomic mass is 9.92. The number of carbonyl (C=O) groups excluding carboxylic acids is 4. The van der Waals surface area contributed by atoms with E-state index in [2.05, 4.69) is 57.0 Å². The van der Waals surface area contributed by atoms with Crippen molar-refractivity contribution < 1.29 is 38.1 Å². The molecule has 3 aromatic carbocycles. The van der Waals surface area contributed by atoms with Crippen LogP contribution in [0.2, 0.25) is 0 Å². The highest BCUT2D eigenvalue weighted by Gasteiger charge is 2.42. The Morgan fingerprint density at radius 3 is 2.47 bits per heavy atom. The largest absolute Gasteiger partial charge is 0.488 e.